The maximum absolute atomic E-state index is 12.7. The van der Waals surface area contributed by atoms with Crippen molar-refractivity contribution in [2.45, 2.75) is 38.7 Å². The molecule has 2 heterocycles. The van der Waals surface area contributed by atoms with Crippen LogP contribution < -0.4 is 5.32 Å². The molecular formula is C19H25NO4. The minimum atomic E-state index is -0.420. The fraction of sp³-hybridized carbons (Fsp3) is 0.526. The molecule has 5 nitrogen and oxygen atoms in total. The van der Waals surface area contributed by atoms with Crippen LogP contribution in [0.15, 0.2) is 28.7 Å². The summed E-state index contributed by atoms with van der Waals surface area (Å²) in [7, 11) is 0. The highest BCUT2D eigenvalue weighted by Crippen LogP contribution is 2.27. The van der Waals surface area contributed by atoms with Gasteiger partial charge in [-0.1, -0.05) is 31.5 Å². The Balaban J connectivity index is 1.70. The summed E-state index contributed by atoms with van der Waals surface area (Å²) in [5, 5.41) is 13.6. The van der Waals surface area contributed by atoms with Crippen molar-refractivity contribution in [1.29, 1.82) is 0 Å². The number of benzene rings is 1. The van der Waals surface area contributed by atoms with Gasteiger partial charge in [0.2, 0.25) is 0 Å². The molecule has 1 saturated heterocycles. The van der Waals surface area contributed by atoms with E-state index in [-0.39, 0.29) is 11.8 Å². The van der Waals surface area contributed by atoms with Crippen LogP contribution in [0.3, 0.4) is 0 Å². The number of furan rings is 1. The molecular weight excluding hydrogens is 306 g/mol. The van der Waals surface area contributed by atoms with E-state index in [9.17, 15) is 9.90 Å². The first-order chi connectivity index (χ1) is 11.7. The first-order valence-electron chi connectivity index (χ1n) is 8.75. The van der Waals surface area contributed by atoms with Crippen molar-refractivity contribution in [2.75, 3.05) is 19.8 Å². The largest absolute Gasteiger partial charge is 0.460 e. The zero-order chi connectivity index (χ0) is 16.9. The smallest absolute Gasteiger partial charge is 0.255 e. The van der Waals surface area contributed by atoms with Gasteiger partial charge < -0.3 is 19.6 Å². The number of para-hydroxylation sites is 1. The Morgan fingerprint density at radius 2 is 2.17 bits per heavy atom. The molecule has 130 valence electrons. The molecule has 1 aliphatic heterocycles. The third kappa shape index (κ3) is 3.62. The maximum Gasteiger partial charge on any atom is 0.255 e. The SMILES string of the molecule is CCCCc1oc2ccccc2c1C(=O)NCC[C@@H]1COC[C@H]1O. The number of aliphatic hydroxyl groups excluding tert-OH is 1. The lowest BCUT2D eigenvalue weighted by molar-refractivity contribution is 0.0941. The molecule has 0 spiro atoms. The van der Waals surface area contributed by atoms with Crippen molar-refractivity contribution in [3.63, 3.8) is 0 Å². The Morgan fingerprint density at radius 1 is 1.33 bits per heavy atom. The van der Waals surface area contributed by atoms with Gasteiger partial charge in [-0.25, -0.2) is 0 Å². The maximum atomic E-state index is 12.7. The average molecular weight is 331 g/mol. The molecule has 1 aromatic heterocycles. The van der Waals surface area contributed by atoms with Gasteiger partial charge in [-0.2, -0.15) is 0 Å². The molecule has 2 N–H and O–H groups in total. The highest BCUT2D eigenvalue weighted by Gasteiger charge is 2.26. The van der Waals surface area contributed by atoms with E-state index < -0.39 is 6.10 Å². The van der Waals surface area contributed by atoms with Gasteiger partial charge in [-0.3, -0.25) is 4.79 Å². The number of fused-ring (bicyclic) bond motifs is 1. The summed E-state index contributed by atoms with van der Waals surface area (Å²) in [6.45, 7) is 3.60. The van der Waals surface area contributed by atoms with Crippen LogP contribution in [0.25, 0.3) is 11.0 Å². The van der Waals surface area contributed by atoms with Crippen LogP contribution in [0.5, 0.6) is 0 Å². The number of amides is 1. The number of aryl methyl sites for hydroxylation is 1. The summed E-state index contributed by atoms with van der Waals surface area (Å²) in [4.78, 5) is 12.7. The molecule has 0 aliphatic carbocycles. The van der Waals surface area contributed by atoms with Crippen molar-refractivity contribution in [3.05, 3.63) is 35.6 Å². The van der Waals surface area contributed by atoms with Gasteiger partial charge in [0.1, 0.15) is 11.3 Å². The van der Waals surface area contributed by atoms with Gasteiger partial charge in [0.25, 0.3) is 5.91 Å². The van der Waals surface area contributed by atoms with E-state index in [1.165, 1.54) is 0 Å². The van der Waals surface area contributed by atoms with E-state index in [4.69, 9.17) is 9.15 Å². The Morgan fingerprint density at radius 3 is 2.92 bits per heavy atom. The molecule has 1 fully saturated rings. The van der Waals surface area contributed by atoms with E-state index >= 15 is 0 Å². The van der Waals surface area contributed by atoms with Crippen molar-refractivity contribution >= 4 is 16.9 Å². The van der Waals surface area contributed by atoms with Crippen molar-refractivity contribution in [3.8, 4) is 0 Å². The van der Waals surface area contributed by atoms with Crippen LogP contribution in [0.4, 0.5) is 0 Å². The van der Waals surface area contributed by atoms with E-state index in [2.05, 4.69) is 12.2 Å². The molecule has 5 heteroatoms. The molecule has 1 aliphatic rings. The molecule has 24 heavy (non-hydrogen) atoms. The van der Waals surface area contributed by atoms with Gasteiger partial charge in [-0.15, -0.1) is 0 Å². The first kappa shape index (κ1) is 17.0. The second kappa shape index (κ2) is 7.81. The zero-order valence-electron chi connectivity index (χ0n) is 14.1. The number of rotatable bonds is 7. The number of hydrogen-bond donors (Lipinski definition) is 2. The molecule has 2 atom stereocenters. The number of unbranched alkanes of at least 4 members (excludes halogenated alkanes) is 1. The summed E-state index contributed by atoms with van der Waals surface area (Å²) in [6.07, 6.45) is 3.11. The quantitative estimate of drug-likeness (QED) is 0.818. The first-order valence-corrected chi connectivity index (χ1v) is 8.75. The van der Waals surface area contributed by atoms with Crippen LogP contribution >= 0.6 is 0 Å². The van der Waals surface area contributed by atoms with Crippen LogP contribution in [-0.2, 0) is 11.2 Å². The van der Waals surface area contributed by atoms with Gasteiger partial charge in [0.05, 0.1) is 24.9 Å². The normalized spacial score (nSPS) is 20.6. The summed E-state index contributed by atoms with van der Waals surface area (Å²) < 4.78 is 11.1. The Hall–Kier alpha value is -1.85. The lowest BCUT2D eigenvalue weighted by Gasteiger charge is -2.12. The van der Waals surface area contributed by atoms with E-state index in [0.29, 0.717) is 31.7 Å². The number of carbonyl (C=O) groups is 1. The minimum absolute atomic E-state index is 0.0977. The predicted molar refractivity (Wildman–Crippen MR) is 92.1 cm³/mol. The molecule has 0 radical (unpaired) electrons. The summed E-state index contributed by atoms with van der Waals surface area (Å²) in [5.74, 6) is 0.769. The highest BCUT2D eigenvalue weighted by atomic mass is 16.5. The fourth-order valence-electron chi connectivity index (χ4n) is 3.18. The predicted octanol–water partition coefficient (Wildman–Crippen LogP) is 2.90. The Kier molecular flexibility index (Phi) is 5.53. The minimum Gasteiger partial charge on any atom is -0.460 e. The summed E-state index contributed by atoms with van der Waals surface area (Å²) in [6, 6.07) is 7.66. The number of ether oxygens (including phenoxy) is 1. The summed E-state index contributed by atoms with van der Waals surface area (Å²) >= 11 is 0. The molecule has 0 saturated carbocycles. The molecule has 0 unspecified atom stereocenters. The van der Waals surface area contributed by atoms with Gasteiger partial charge in [0.15, 0.2) is 0 Å². The molecule has 3 rings (SSSR count). The molecule has 0 bridgehead atoms. The average Bonchev–Trinajstić information content (AvgIpc) is 3.16. The van der Waals surface area contributed by atoms with Crippen LogP contribution in [-0.4, -0.2) is 36.9 Å². The monoisotopic (exact) mass is 331 g/mol. The number of carbonyl (C=O) groups excluding carboxylic acids is 1. The van der Waals surface area contributed by atoms with Crippen molar-refractivity contribution < 1.29 is 19.1 Å². The second-order valence-electron chi connectivity index (χ2n) is 6.41. The fourth-order valence-corrected chi connectivity index (χ4v) is 3.18. The number of aliphatic hydroxyl groups is 1. The van der Waals surface area contributed by atoms with E-state index in [1.807, 2.05) is 24.3 Å². The zero-order valence-corrected chi connectivity index (χ0v) is 14.1. The standard InChI is InChI=1S/C19H25NO4/c1-2-3-7-17-18(14-6-4-5-8-16(14)24-17)19(22)20-10-9-13-11-23-12-15(13)21/h4-6,8,13,15,21H,2-3,7,9-12H2,1H3,(H,20,22)/t13-,15-/m1/s1. The third-order valence-electron chi connectivity index (χ3n) is 4.62. The second-order valence-corrected chi connectivity index (χ2v) is 6.41. The lowest BCUT2D eigenvalue weighted by atomic mass is 10.0. The van der Waals surface area contributed by atoms with Crippen LogP contribution in [0.2, 0.25) is 0 Å². The topological polar surface area (TPSA) is 71.7 Å². The third-order valence-corrected chi connectivity index (χ3v) is 4.62. The van der Waals surface area contributed by atoms with Crippen LogP contribution in [0.1, 0.15) is 42.3 Å². The Labute approximate surface area is 142 Å². The van der Waals surface area contributed by atoms with Gasteiger partial charge in [-0.05, 0) is 18.9 Å². The number of nitrogens with one attached hydrogen (secondary N) is 1. The Bertz CT molecular complexity index is 694. The van der Waals surface area contributed by atoms with Gasteiger partial charge in [0, 0.05) is 24.3 Å². The number of hydrogen-bond acceptors (Lipinski definition) is 4. The van der Waals surface area contributed by atoms with Crippen molar-refractivity contribution in [2.24, 2.45) is 5.92 Å². The molecule has 1 aromatic carbocycles. The van der Waals surface area contributed by atoms with Gasteiger partial charge >= 0.3 is 0 Å². The molecule has 2 aromatic rings. The van der Waals surface area contributed by atoms with E-state index in [0.717, 1.165) is 36.0 Å². The highest BCUT2D eigenvalue weighted by molar-refractivity contribution is 6.07. The molecule has 1 amide bonds. The summed E-state index contributed by atoms with van der Waals surface area (Å²) in [5.41, 5.74) is 1.41. The lowest BCUT2D eigenvalue weighted by Crippen LogP contribution is -2.29. The van der Waals surface area contributed by atoms with E-state index in [1.54, 1.807) is 0 Å². The van der Waals surface area contributed by atoms with Crippen molar-refractivity contribution in [1.82, 2.24) is 5.32 Å². The van der Waals surface area contributed by atoms with Crippen LogP contribution in [0, 0.1) is 5.92 Å².